The summed E-state index contributed by atoms with van der Waals surface area (Å²) < 4.78 is 0. The molecule has 0 bridgehead atoms. The Morgan fingerprint density at radius 1 is 1.17 bits per heavy atom. The van der Waals surface area contributed by atoms with Crippen LogP contribution in [0.2, 0.25) is 5.02 Å². The third-order valence-corrected chi connectivity index (χ3v) is 1.68. The molecule has 1 nitrogen and oxygen atoms in total. The van der Waals surface area contributed by atoms with Gasteiger partial charge >= 0.3 is 0 Å². The molecule has 0 saturated heterocycles. The van der Waals surface area contributed by atoms with Crippen LogP contribution in [0.1, 0.15) is 5.56 Å². The van der Waals surface area contributed by atoms with Crippen LogP contribution in [0.5, 0.6) is 0 Å². The van der Waals surface area contributed by atoms with E-state index in [1.807, 2.05) is 24.3 Å². The fourth-order valence-corrected chi connectivity index (χ4v) is 0.965. The minimum absolute atomic E-state index is 0.424. The lowest BCUT2D eigenvalue weighted by molar-refractivity contribution is 1.27. The van der Waals surface area contributed by atoms with Crippen LogP contribution in [0.4, 0.5) is 0 Å². The number of halogens is 1. The van der Waals surface area contributed by atoms with Crippen molar-refractivity contribution in [2.24, 2.45) is 5.73 Å². The topological polar surface area (TPSA) is 26.0 Å². The number of nitrogens with two attached hydrogens (primary N) is 1. The van der Waals surface area contributed by atoms with E-state index >= 15 is 0 Å². The van der Waals surface area contributed by atoms with E-state index in [0.717, 1.165) is 11.4 Å². The molecule has 0 aromatic heterocycles. The van der Waals surface area contributed by atoms with Crippen LogP contribution in [-0.4, -0.2) is 6.54 Å². The number of hydrogen-bond acceptors (Lipinski definition) is 1. The average molecular weight is 180 g/mol. The van der Waals surface area contributed by atoms with Crippen molar-refractivity contribution in [2.45, 2.75) is 6.42 Å². The fourth-order valence-electron chi connectivity index (χ4n) is 0.839. The summed E-state index contributed by atoms with van der Waals surface area (Å²) in [6.07, 6.45) is 0.744. The van der Waals surface area contributed by atoms with Gasteiger partial charge in [-0.1, -0.05) is 35.6 Å². The molecule has 0 aliphatic rings. The molecule has 0 heterocycles. The maximum atomic E-state index is 5.72. The van der Waals surface area contributed by atoms with E-state index in [-0.39, 0.29) is 0 Å². The first kappa shape index (κ1) is 9.12. The molecule has 0 aliphatic carbocycles. The van der Waals surface area contributed by atoms with E-state index in [2.05, 4.69) is 11.8 Å². The number of hydrogen-bond donors (Lipinski definition) is 1. The first-order chi connectivity index (χ1) is 5.83. The van der Waals surface area contributed by atoms with E-state index in [4.69, 9.17) is 17.3 Å². The third-order valence-electron chi connectivity index (χ3n) is 1.43. The van der Waals surface area contributed by atoms with Crippen molar-refractivity contribution >= 4 is 11.6 Å². The molecule has 1 rings (SSSR count). The predicted octanol–water partition coefficient (Wildman–Crippen LogP) is 1.84. The Hall–Kier alpha value is -0.970. The van der Waals surface area contributed by atoms with E-state index in [0.29, 0.717) is 6.54 Å². The molecular weight excluding hydrogens is 170 g/mol. The summed E-state index contributed by atoms with van der Waals surface area (Å²) in [6.45, 7) is 0.424. The highest BCUT2D eigenvalue weighted by Gasteiger charge is 1.88. The van der Waals surface area contributed by atoms with Gasteiger partial charge in [-0.3, -0.25) is 0 Å². The van der Waals surface area contributed by atoms with Gasteiger partial charge in [-0.05, 0) is 17.7 Å². The summed E-state index contributed by atoms with van der Waals surface area (Å²) in [6, 6.07) is 7.66. The summed E-state index contributed by atoms with van der Waals surface area (Å²) >= 11 is 5.72. The van der Waals surface area contributed by atoms with Crippen molar-refractivity contribution in [3.63, 3.8) is 0 Å². The monoisotopic (exact) mass is 179 g/mol. The maximum absolute atomic E-state index is 5.72. The van der Waals surface area contributed by atoms with Crippen LogP contribution in [0.25, 0.3) is 0 Å². The molecule has 0 amide bonds. The fraction of sp³-hybridized carbons (Fsp3) is 0.200. The van der Waals surface area contributed by atoms with Gasteiger partial charge in [-0.2, -0.15) is 0 Å². The minimum atomic E-state index is 0.424. The molecule has 1 aromatic rings. The Morgan fingerprint density at radius 2 is 1.83 bits per heavy atom. The Bertz CT molecular complexity index is 292. The number of benzene rings is 1. The van der Waals surface area contributed by atoms with Crippen LogP contribution in [0, 0.1) is 11.8 Å². The highest BCUT2D eigenvalue weighted by Crippen LogP contribution is 2.09. The summed E-state index contributed by atoms with van der Waals surface area (Å²) in [5.41, 5.74) is 6.39. The van der Waals surface area contributed by atoms with Crippen molar-refractivity contribution in [1.82, 2.24) is 0 Å². The summed E-state index contributed by atoms with van der Waals surface area (Å²) in [5.74, 6) is 5.76. The Morgan fingerprint density at radius 3 is 2.42 bits per heavy atom. The molecule has 2 N–H and O–H groups in total. The summed E-state index contributed by atoms with van der Waals surface area (Å²) in [7, 11) is 0. The standard InChI is InChI=1S/C10H10ClN/c11-10-6-4-9(5-7-10)3-1-2-8-12/h4-7H,3,8,12H2. The van der Waals surface area contributed by atoms with Crippen LogP contribution in [-0.2, 0) is 6.42 Å². The first-order valence-corrected chi connectivity index (χ1v) is 4.11. The van der Waals surface area contributed by atoms with Gasteiger partial charge in [0, 0.05) is 11.4 Å². The molecule has 0 fully saturated rings. The second-order valence-corrected chi connectivity index (χ2v) is 2.80. The molecule has 0 saturated carbocycles. The van der Waals surface area contributed by atoms with Gasteiger partial charge in [0.25, 0.3) is 0 Å². The van der Waals surface area contributed by atoms with Gasteiger partial charge in [-0.25, -0.2) is 0 Å². The second-order valence-electron chi connectivity index (χ2n) is 2.36. The Balaban J connectivity index is 2.59. The van der Waals surface area contributed by atoms with Crippen LogP contribution in [0.3, 0.4) is 0 Å². The zero-order valence-corrected chi connectivity index (χ0v) is 7.43. The molecule has 0 radical (unpaired) electrons. The van der Waals surface area contributed by atoms with Gasteiger partial charge in [0.05, 0.1) is 6.54 Å². The molecule has 0 aliphatic heterocycles. The smallest absolute Gasteiger partial charge is 0.0551 e. The molecule has 1 aromatic carbocycles. The average Bonchev–Trinajstić information content (AvgIpc) is 2.09. The van der Waals surface area contributed by atoms with E-state index in [9.17, 15) is 0 Å². The molecule has 12 heavy (non-hydrogen) atoms. The second kappa shape index (κ2) is 4.82. The van der Waals surface area contributed by atoms with Gasteiger partial charge < -0.3 is 5.73 Å². The lowest BCUT2D eigenvalue weighted by Gasteiger charge is -1.93. The summed E-state index contributed by atoms with van der Waals surface area (Å²) in [4.78, 5) is 0. The van der Waals surface area contributed by atoms with E-state index in [1.165, 1.54) is 5.56 Å². The molecule has 0 atom stereocenters. The number of rotatable bonds is 1. The highest BCUT2D eigenvalue weighted by atomic mass is 35.5. The lowest BCUT2D eigenvalue weighted by atomic mass is 10.2. The Kier molecular flexibility index (Phi) is 3.66. The van der Waals surface area contributed by atoms with Crippen molar-refractivity contribution in [2.75, 3.05) is 6.54 Å². The first-order valence-electron chi connectivity index (χ1n) is 3.73. The van der Waals surface area contributed by atoms with Gasteiger partial charge in [-0.15, -0.1) is 0 Å². The van der Waals surface area contributed by atoms with Crippen LogP contribution in [0.15, 0.2) is 24.3 Å². The van der Waals surface area contributed by atoms with Crippen LogP contribution < -0.4 is 5.73 Å². The predicted molar refractivity (Wildman–Crippen MR) is 52.0 cm³/mol. The van der Waals surface area contributed by atoms with Gasteiger partial charge in [0.15, 0.2) is 0 Å². The van der Waals surface area contributed by atoms with E-state index < -0.39 is 0 Å². The largest absolute Gasteiger partial charge is 0.320 e. The molecule has 2 heteroatoms. The van der Waals surface area contributed by atoms with Gasteiger partial charge in [0.2, 0.25) is 0 Å². The zero-order chi connectivity index (χ0) is 8.81. The zero-order valence-electron chi connectivity index (χ0n) is 6.68. The highest BCUT2D eigenvalue weighted by molar-refractivity contribution is 6.30. The molecule has 62 valence electrons. The maximum Gasteiger partial charge on any atom is 0.0551 e. The lowest BCUT2D eigenvalue weighted by Crippen LogP contribution is -1.93. The molecule has 0 spiro atoms. The van der Waals surface area contributed by atoms with Crippen molar-refractivity contribution in [3.8, 4) is 11.8 Å². The van der Waals surface area contributed by atoms with Crippen molar-refractivity contribution < 1.29 is 0 Å². The molecule has 0 unspecified atom stereocenters. The SMILES string of the molecule is NCC#CCc1ccc(Cl)cc1. The Labute approximate surface area is 77.5 Å². The van der Waals surface area contributed by atoms with Gasteiger partial charge in [0.1, 0.15) is 0 Å². The minimum Gasteiger partial charge on any atom is -0.320 e. The normalized spacial score (nSPS) is 8.83. The summed E-state index contributed by atoms with van der Waals surface area (Å²) in [5, 5.41) is 0.755. The van der Waals surface area contributed by atoms with E-state index in [1.54, 1.807) is 0 Å². The van der Waals surface area contributed by atoms with Crippen molar-refractivity contribution in [3.05, 3.63) is 34.9 Å². The molecular formula is C10H10ClN. The van der Waals surface area contributed by atoms with Crippen molar-refractivity contribution in [1.29, 1.82) is 0 Å². The van der Waals surface area contributed by atoms with Crippen LogP contribution >= 0.6 is 11.6 Å². The quantitative estimate of drug-likeness (QED) is 0.655. The third kappa shape index (κ3) is 2.96.